The minimum atomic E-state index is -3.79. The van der Waals surface area contributed by atoms with E-state index in [-0.39, 0.29) is 16.0 Å². The SMILES string of the molecule is COc1ccc(C)cc1NS(=O)(=O)c1ccc(/C=C/c2onc(C)c2NC(=O)C2CC2)s1. The second-order valence-electron chi connectivity index (χ2n) is 7.57. The lowest BCUT2D eigenvalue weighted by molar-refractivity contribution is -0.117. The highest BCUT2D eigenvalue weighted by atomic mass is 32.2. The van der Waals surface area contributed by atoms with E-state index in [0.717, 1.165) is 29.7 Å². The van der Waals surface area contributed by atoms with E-state index in [1.54, 1.807) is 37.3 Å². The van der Waals surface area contributed by atoms with Crippen LogP contribution in [0.15, 0.2) is 39.1 Å². The molecule has 1 saturated carbocycles. The van der Waals surface area contributed by atoms with Crippen molar-refractivity contribution in [2.24, 2.45) is 5.92 Å². The zero-order valence-electron chi connectivity index (χ0n) is 17.8. The third-order valence-corrected chi connectivity index (χ3v) is 7.86. The van der Waals surface area contributed by atoms with Crippen LogP contribution in [0.5, 0.6) is 5.75 Å². The Balaban J connectivity index is 1.51. The molecule has 1 fully saturated rings. The molecule has 8 nitrogen and oxygen atoms in total. The molecule has 0 aliphatic heterocycles. The molecule has 0 radical (unpaired) electrons. The number of thiophene rings is 1. The predicted molar refractivity (Wildman–Crippen MR) is 124 cm³/mol. The summed E-state index contributed by atoms with van der Waals surface area (Å²) in [5, 5.41) is 6.79. The highest BCUT2D eigenvalue weighted by molar-refractivity contribution is 7.94. The molecule has 2 aromatic heterocycles. The van der Waals surface area contributed by atoms with Gasteiger partial charge in [-0.3, -0.25) is 9.52 Å². The van der Waals surface area contributed by atoms with E-state index in [1.165, 1.54) is 13.2 Å². The molecule has 32 heavy (non-hydrogen) atoms. The summed E-state index contributed by atoms with van der Waals surface area (Å²) in [6.07, 6.45) is 5.19. The van der Waals surface area contributed by atoms with Crippen LogP contribution in [0.1, 0.15) is 34.7 Å². The summed E-state index contributed by atoms with van der Waals surface area (Å²) in [5.41, 5.74) is 2.41. The Labute approximate surface area is 190 Å². The van der Waals surface area contributed by atoms with E-state index in [0.29, 0.717) is 33.5 Å². The number of nitrogens with zero attached hydrogens (tertiary/aromatic N) is 1. The highest BCUT2D eigenvalue weighted by Gasteiger charge is 2.30. The first-order valence-electron chi connectivity index (χ1n) is 9.99. The van der Waals surface area contributed by atoms with Gasteiger partial charge in [0.25, 0.3) is 10.0 Å². The van der Waals surface area contributed by atoms with Crippen LogP contribution in [0.4, 0.5) is 11.4 Å². The fourth-order valence-corrected chi connectivity index (χ4v) is 5.34. The summed E-state index contributed by atoms with van der Waals surface area (Å²) in [6, 6.07) is 8.52. The fraction of sp³-hybridized carbons (Fsp3) is 0.273. The van der Waals surface area contributed by atoms with Gasteiger partial charge in [-0.15, -0.1) is 11.3 Å². The molecule has 1 amide bonds. The minimum absolute atomic E-state index is 0.0342. The Hall–Kier alpha value is -3.11. The second kappa shape index (κ2) is 8.79. The van der Waals surface area contributed by atoms with E-state index in [4.69, 9.17) is 9.26 Å². The molecule has 2 heterocycles. The number of aromatic nitrogens is 1. The van der Waals surface area contributed by atoms with Crippen LogP contribution in [0.2, 0.25) is 0 Å². The summed E-state index contributed by atoms with van der Waals surface area (Å²) in [5.74, 6) is 0.882. The first-order chi connectivity index (χ1) is 15.3. The van der Waals surface area contributed by atoms with Crippen LogP contribution in [0.3, 0.4) is 0 Å². The number of benzene rings is 1. The Morgan fingerprint density at radius 2 is 2.00 bits per heavy atom. The average molecular weight is 474 g/mol. The van der Waals surface area contributed by atoms with E-state index >= 15 is 0 Å². The quantitative estimate of drug-likeness (QED) is 0.491. The Kier molecular flexibility index (Phi) is 6.07. The summed E-state index contributed by atoms with van der Waals surface area (Å²) in [7, 11) is -2.30. The van der Waals surface area contributed by atoms with Gasteiger partial charge in [0.2, 0.25) is 5.91 Å². The largest absolute Gasteiger partial charge is 0.495 e. The van der Waals surface area contributed by atoms with Crippen LogP contribution >= 0.6 is 11.3 Å². The molecule has 1 aliphatic carbocycles. The predicted octanol–water partition coefficient (Wildman–Crippen LogP) is 4.68. The number of hydrogen-bond acceptors (Lipinski definition) is 7. The lowest BCUT2D eigenvalue weighted by atomic mass is 10.2. The van der Waals surface area contributed by atoms with Gasteiger partial charge in [-0.1, -0.05) is 11.2 Å². The summed E-state index contributed by atoms with van der Waals surface area (Å²) in [4.78, 5) is 12.8. The third-order valence-electron chi connectivity index (χ3n) is 4.95. The van der Waals surface area contributed by atoms with Gasteiger partial charge < -0.3 is 14.6 Å². The maximum absolute atomic E-state index is 12.9. The molecule has 0 spiro atoms. The number of carbonyl (C=O) groups excluding carboxylic acids is 1. The van der Waals surface area contributed by atoms with Gasteiger partial charge in [0.1, 0.15) is 21.3 Å². The summed E-state index contributed by atoms with van der Waals surface area (Å²) >= 11 is 1.11. The number of carbonyl (C=O) groups is 1. The van der Waals surface area contributed by atoms with Crippen LogP contribution in [0.25, 0.3) is 12.2 Å². The van der Waals surface area contributed by atoms with Crippen molar-refractivity contribution < 1.29 is 22.5 Å². The molecule has 10 heteroatoms. The number of aryl methyl sites for hydroxylation is 2. The topological polar surface area (TPSA) is 111 Å². The molecule has 2 N–H and O–H groups in total. The molecule has 168 valence electrons. The lowest BCUT2D eigenvalue weighted by Crippen LogP contribution is -2.14. The molecule has 1 aliphatic rings. The minimum Gasteiger partial charge on any atom is -0.495 e. The number of anilines is 2. The van der Waals surface area contributed by atoms with Gasteiger partial charge in [0, 0.05) is 10.8 Å². The average Bonchev–Trinajstić information content (AvgIpc) is 3.39. The Bertz CT molecular complexity index is 1290. The first kappa shape index (κ1) is 22.1. The Morgan fingerprint density at radius 1 is 1.22 bits per heavy atom. The van der Waals surface area contributed by atoms with Crippen molar-refractivity contribution in [3.8, 4) is 5.75 Å². The smallest absolute Gasteiger partial charge is 0.271 e. The van der Waals surface area contributed by atoms with Gasteiger partial charge in [0.15, 0.2) is 5.76 Å². The molecule has 0 bridgehead atoms. The molecular weight excluding hydrogens is 450 g/mol. The molecule has 0 unspecified atom stereocenters. The fourth-order valence-electron chi connectivity index (χ4n) is 3.05. The van der Waals surface area contributed by atoms with Gasteiger partial charge in [-0.05, 0) is 68.7 Å². The Morgan fingerprint density at radius 3 is 2.72 bits per heavy atom. The lowest BCUT2D eigenvalue weighted by Gasteiger charge is -2.11. The van der Waals surface area contributed by atoms with Crippen LogP contribution in [0, 0.1) is 19.8 Å². The number of amides is 1. The number of nitrogens with one attached hydrogen (secondary N) is 2. The van der Waals surface area contributed by atoms with Crippen molar-refractivity contribution >= 4 is 50.8 Å². The molecule has 4 rings (SSSR count). The van der Waals surface area contributed by atoms with E-state index < -0.39 is 10.0 Å². The number of rotatable bonds is 8. The molecule has 0 saturated heterocycles. The molecule has 1 aromatic carbocycles. The van der Waals surface area contributed by atoms with E-state index in [1.807, 2.05) is 13.0 Å². The van der Waals surface area contributed by atoms with Crippen LogP contribution in [-0.4, -0.2) is 26.6 Å². The van der Waals surface area contributed by atoms with Crippen molar-refractivity contribution in [3.63, 3.8) is 0 Å². The van der Waals surface area contributed by atoms with Crippen molar-refractivity contribution in [2.45, 2.75) is 30.9 Å². The summed E-state index contributed by atoms with van der Waals surface area (Å²) < 4.78 is 39.0. The number of ether oxygens (including phenoxy) is 1. The van der Waals surface area contributed by atoms with E-state index in [9.17, 15) is 13.2 Å². The van der Waals surface area contributed by atoms with Crippen molar-refractivity contribution in [2.75, 3.05) is 17.1 Å². The van der Waals surface area contributed by atoms with Crippen molar-refractivity contribution in [3.05, 3.63) is 52.2 Å². The maximum atomic E-state index is 12.9. The first-order valence-corrected chi connectivity index (χ1v) is 12.3. The molecule has 0 atom stereocenters. The zero-order valence-corrected chi connectivity index (χ0v) is 19.5. The highest BCUT2D eigenvalue weighted by Crippen LogP contribution is 2.33. The number of hydrogen-bond donors (Lipinski definition) is 2. The van der Waals surface area contributed by atoms with E-state index in [2.05, 4.69) is 15.2 Å². The van der Waals surface area contributed by atoms with Gasteiger partial charge in [-0.25, -0.2) is 8.42 Å². The van der Waals surface area contributed by atoms with Crippen molar-refractivity contribution in [1.29, 1.82) is 0 Å². The monoisotopic (exact) mass is 473 g/mol. The summed E-state index contributed by atoms with van der Waals surface area (Å²) in [6.45, 7) is 3.63. The van der Waals surface area contributed by atoms with Crippen LogP contribution < -0.4 is 14.8 Å². The molecule has 3 aromatic rings. The van der Waals surface area contributed by atoms with Gasteiger partial charge in [0.05, 0.1) is 12.8 Å². The molecular formula is C22H23N3O5S2. The third kappa shape index (κ3) is 4.86. The second-order valence-corrected chi connectivity index (χ2v) is 10.6. The standard InChI is InChI=1S/C22H23N3O5S2/c1-13-4-9-18(29-3)17(12-13)25-32(27,28)20-11-8-16(31-20)7-10-19-21(14(2)24-30-19)23-22(26)15-5-6-15/h4,7-12,15,25H,5-6H2,1-3H3,(H,23,26)/b10-7+. The number of methoxy groups -OCH3 is 1. The normalized spacial score (nSPS) is 14.0. The van der Waals surface area contributed by atoms with Crippen molar-refractivity contribution in [1.82, 2.24) is 5.16 Å². The van der Waals surface area contributed by atoms with Crippen LogP contribution in [-0.2, 0) is 14.8 Å². The maximum Gasteiger partial charge on any atom is 0.271 e. The zero-order chi connectivity index (χ0) is 22.9. The van der Waals surface area contributed by atoms with Gasteiger partial charge in [-0.2, -0.15) is 0 Å². The van der Waals surface area contributed by atoms with Gasteiger partial charge >= 0.3 is 0 Å². The number of sulfonamides is 1.